The summed E-state index contributed by atoms with van der Waals surface area (Å²) in [5, 5.41) is 8.28. The van der Waals surface area contributed by atoms with Crippen LogP contribution in [0.15, 0.2) is 35.2 Å². The lowest BCUT2D eigenvalue weighted by Crippen LogP contribution is -2.05. The number of benzene rings is 1. The Kier molecular flexibility index (Phi) is 4.35. The van der Waals surface area contributed by atoms with Crippen LogP contribution in [0.1, 0.15) is 0 Å². The SMILES string of the molecule is O=C(O)COCSc1ccccc1. The molecule has 0 spiro atoms. The fourth-order valence-electron chi connectivity index (χ4n) is 0.755. The zero-order chi connectivity index (χ0) is 9.52. The van der Waals surface area contributed by atoms with Crippen molar-refractivity contribution in [2.75, 3.05) is 12.5 Å². The van der Waals surface area contributed by atoms with Crippen LogP contribution in [0.3, 0.4) is 0 Å². The first kappa shape index (κ1) is 10.1. The van der Waals surface area contributed by atoms with E-state index in [1.807, 2.05) is 30.3 Å². The van der Waals surface area contributed by atoms with Crippen LogP contribution < -0.4 is 0 Å². The second kappa shape index (κ2) is 5.61. The predicted octanol–water partition coefficient (Wildman–Crippen LogP) is 1.84. The van der Waals surface area contributed by atoms with Gasteiger partial charge in [0.25, 0.3) is 0 Å². The molecule has 1 aromatic carbocycles. The molecule has 0 aromatic heterocycles. The van der Waals surface area contributed by atoms with Crippen molar-refractivity contribution in [3.8, 4) is 0 Å². The summed E-state index contributed by atoms with van der Waals surface area (Å²) in [4.78, 5) is 11.2. The number of hydrogen-bond acceptors (Lipinski definition) is 3. The third kappa shape index (κ3) is 4.55. The fourth-order valence-corrected chi connectivity index (χ4v) is 1.41. The van der Waals surface area contributed by atoms with Gasteiger partial charge in [0.15, 0.2) is 0 Å². The Morgan fingerprint density at radius 1 is 1.38 bits per heavy atom. The van der Waals surface area contributed by atoms with Gasteiger partial charge in [-0.25, -0.2) is 4.79 Å². The Bertz CT molecular complexity index is 261. The molecule has 0 unspecified atom stereocenters. The first-order valence-electron chi connectivity index (χ1n) is 3.76. The molecular weight excluding hydrogens is 188 g/mol. The van der Waals surface area contributed by atoms with Crippen LogP contribution in [-0.2, 0) is 9.53 Å². The van der Waals surface area contributed by atoms with E-state index in [1.54, 1.807) is 0 Å². The van der Waals surface area contributed by atoms with Gasteiger partial charge in [-0.05, 0) is 12.1 Å². The summed E-state index contributed by atoms with van der Waals surface area (Å²) in [7, 11) is 0. The van der Waals surface area contributed by atoms with E-state index in [0.29, 0.717) is 5.94 Å². The van der Waals surface area contributed by atoms with Gasteiger partial charge in [0.2, 0.25) is 0 Å². The monoisotopic (exact) mass is 198 g/mol. The van der Waals surface area contributed by atoms with Crippen molar-refractivity contribution < 1.29 is 14.6 Å². The summed E-state index contributed by atoms with van der Waals surface area (Å²) in [6, 6.07) is 9.70. The largest absolute Gasteiger partial charge is 0.480 e. The van der Waals surface area contributed by atoms with Crippen molar-refractivity contribution in [3.05, 3.63) is 30.3 Å². The molecule has 0 amide bonds. The van der Waals surface area contributed by atoms with Crippen molar-refractivity contribution in [1.82, 2.24) is 0 Å². The molecule has 70 valence electrons. The number of rotatable bonds is 5. The Morgan fingerprint density at radius 3 is 2.69 bits per heavy atom. The van der Waals surface area contributed by atoms with Crippen LogP contribution in [0.4, 0.5) is 0 Å². The maximum absolute atomic E-state index is 10.1. The minimum atomic E-state index is -0.936. The van der Waals surface area contributed by atoms with Gasteiger partial charge in [0.05, 0.1) is 5.94 Å². The van der Waals surface area contributed by atoms with E-state index in [1.165, 1.54) is 11.8 Å². The van der Waals surface area contributed by atoms with Crippen molar-refractivity contribution in [3.63, 3.8) is 0 Å². The molecule has 1 N–H and O–H groups in total. The number of hydrogen-bond donors (Lipinski definition) is 1. The lowest BCUT2D eigenvalue weighted by Gasteiger charge is -2.00. The van der Waals surface area contributed by atoms with E-state index >= 15 is 0 Å². The number of ether oxygens (including phenoxy) is 1. The molecule has 1 aromatic rings. The van der Waals surface area contributed by atoms with Crippen molar-refractivity contribution in [1.29, 1.82) is 0 Å². The molecule has 4 heteroatoms. The van der Waals surface area contributed by atoms with Gasteiger partial charge in [0.1, 0.15) is 6.61 Å². The summed E-state index contributed by atoms with van der Waals surface area (Å²) in [6.07, 6.45) is 0. The molecule has 0 fully saturated rings. The normalized spacial score (nSPS) is 9.85. The zero-order valence-corrected chi connectivity index (χ0v) is 7.79. The molecule has 0 atom stereocenters. The van der Waals surface area contributed by atoms with Crippen molar-refractivity contribution in [2.24, 2.45) is 0 Å². The molecule has 0 saturated heterocycles. The molecule has 0 bridgehead atoms. The third-order valence-corrected chi connectivity index (χ3v) is 2.17. The molecule has 0 saturated carbocycles. The second-order valence-corrected chi connectivity index (χ2v) is 3.31. The third-order valence-electron chi connectivity index (χ3n) is 1.28. The standard InChI is InChI=1S/C9H10O3S/c10-9(11)6-12-7-13-8-4-2-1-3-5-8/h1-5H,6-7H2,(H,10,11). The smallest absolute Gasteiger partial charge is 0.329 e. The van der Waals surface area contributed by atoms with E-state index in [0.717, 1.165) is 4.90 Å². The van der Waals surface area contributed by atoms with E-state index in [4.69, 9.17) is 9.84 Å². The maximum Gasteiger partial charge on any atom is 0.329 e. The average molecular weight is 198 g/mol. The summed E-state index contributed by atoms with van der Waals surface area (Å²) < 4.78 is 4.86. The molecular formula is C9H10O3S. The summed E-state index contributed by atoms with van der Waals surface area (Å²) >= 11 is 1.48. The molecule has 0 aliphatic carbocycles. The minimum absolute atomic E-state index is 0.236. The molecule has 1 rings (SSSR count). The van der Waals surface area contributed by atoms with Crippen LogP contribution >= 0.6 is 11.8 Å². The van der Waals surface area contributed by atoms with Gasteiger partial charge in [-0.2, -0.15) is 0 Å². The summed E-state index contributed by atoms with van der Waals surface area (Å²) in [6.45, 7) is -0.236. The van der Waals surface area contributed by atoms with Crippen LogP contribution in [0, 0.1) is 0 Å². The Balaban J connectivity index is 2.17. The van der Waals surface area contributed by atoms with Crippen LogP contribution in [0.2, 0.25) is 0 Å². The number of carboxylic acids is 1. The molecule has 3 nitrogen and oxygen atoms in total. The Labute approximate surface area is 80.7 Å². The molecule has 0 aliphatic rings. The molecule has 0 radical (unpaired) electrons. The van der Waals surface area contributed by atoms with Crippen LogP contribution in [0.5, 0.6) is 0 Å². The Morgan fingerprint density at radius 2 is 2.08 bits per heavy atom. The Hall–Kier alpha value is -1.00. The van der Waals surface area contributed by atoms with Crippen LogP contribution in [-0.4, -0.2) is 23.6 Å². The van der Waals surface area contributed by atoms with Gasteiger partial charge in [-0.1, -0.05) is 30.0 Å². The lowest BCUT2D eigenvalue weighted by molar-refractivity contribution is -0.141. The quantitative estimate of drug-likeness (QED) is 0.445. The topological polar surface area (TPSA) is 46.5 Å². The van der Waals surface area contributed by atoms with E-state index in [-0.39, 0.29) is 6.61 Å². The lowest BCUT2D eigenvalue weighted by atomic mass is 10.4. The number of thioether (sulfide) groups is 1. The molecule has 13 heavy (non-hydrogen) atoms. The number of carboxylic acid groups (broad SMARTS) is 1. The van der Waals surface area contributed by atoms with Gasteiger partial charge in [-0.15, -0.1) is 0 Å². The first-order valence-corrected chi connectivity index (χ1v) is 4.75. The van der Waals surface area contributed by atoms with Gasteiger partial charge < -0.3 is 9.84 Å². The van der Waals surface area contributed by atoms with Crippen molar-refractivity contribution >= 4 is 17.7 Å². The highest BCUT2D eigenvalue weighted by Crippen LogP contribution is 2.16. The summed E-state index contributed by atoms with van der Waals surface area (Å²) in [5.41, 5.74) is 0. The van der Waals surface area contributed by atoms with E-state index in [2.05, 4.69) is 0 Å². The highest BCUT2D eigenvalue weighted by Gasteiger charge is 1.96. The van der Waals surface area contributed by atoms with Crippen molar-refractivity contribution in [2.45, 2.75) is 4.90 Å². The number of carbonyl (C=O) groups is 1. The molecule has 0 aliphatic heterocycles. The highest BCUT2D eigenvalue weighted by atomic mass is 32.2. The zero-order valence-electron chi connectivity index (χ0n) is 6.97. The van der Waals surface area contributed by atoms with Gasteiger partial charge in [-0.3, -0.25) is 0 Å². The average Bonchev–Trinajstić information content (AvgIpc) is 2.14. The summed E-state index contributed by atoms with van der Waals surface area (Å²) in [5.74, 6) is -0.565. The predicted molar refractivity (Wildman–Crippen MR) is 50.8 cm³/mol. The maximum atomic E-state index is 10.1. The molecule has 0 heterocycles. The highest BCUT2D eigenvalue weighted by molar-refractivity contribution is 7.99. The fraction of sp³-hybridized carbons (Fsp3) is 0.222. The van der Waals surface area contributed by atoms with E-state index in [9.17, 15) is 4.79 Å². The second-order valence-electron chi connectivity index (χ2n) is 2.32. The van der Waals surface area contributed by atoms with Gasteiger partial charge >= 0.3 is 5.97 Å². The first-order chi connectivity index (χ1) is 6.29. The van der Waals surface area contributed by atoms with Crippen LogP contribution in [0.25, 0.3) is 0 Å². The van der Waals surface area contributed by atoms with Gasteiger partial charge in [0, 0.05) is 4.90 Å². The number of aliphatic carboxylic acids is 1. The minimum Gasteiger partial charge on any atom is -0.480 e. The van der Waals surface area contributed by atoms with E-state index < -0.39 is 5.97 Å².